The monoisotopic (exact) mass is 390 g/mol. The first-order valence-corrected chi connectivity index (χ1v) is 11.4. The van der Waals surface area contributed by atoms with Gasteiger partial charge in [0.05, 0.1) is 0 Å². The van der Waals surface area contributed by atoms with Crippen LogP contribution in [0.1, 0.15) is 31.7 Å². The van der Waals surface area contributed by atoms with Crippen molar-refractivity contribution >= 4 is 23.5 Å². The van der Waals surface area contributed by atoms with Gasteiger partial charge in [-0.05, 0) is 49.8 Å². The molecule has 0 aromatic carbocycles. The molecule has 2 heterocycles. The molecule has 6 nitrogen and oxygen atoms in total. The number of pyridine rings is 1. The van der Waals surface area contributed by atoms with Gasteiger partial charge in [0.15, 0.2) is 5.96 Å². The third-order valence-corrected chi connectivity index (χ3v) is 6.79. The first-order chi connectivity index (χ1) is 13.2. The van der Waals surface area contributed by atoms with E-state index in [2.05, 4.69) is 55.7 Å². The number of aromatic nitrogens is 1. The average molecular weight is 391 g/mol. The van der Waals surface area contributed by atoms with Crippen molar-refractivity contribution < 1.29 is 0 Å². The van der Waals surface area contributed by atoms with Crippen LogP contribution in [0.25, 0.3) is 0 Å². The van der Waals surface area contributed by atoms with E-state index in [4.69, 9.17) is 0 Å². The molecule has 2 fully saturated rings. The standard InChI is InChI=1S/C20H34N6S/c1-4-25-9-11-26(12-10-25)19-13-16(7-8-22-19)15-23-20(21-2)24-17-5-6-18(14-17)27-3/h7-8,13,17-18H,4-6,9-12,14-15H2,1-3H3,(H2,21,23,24). The van der Waals surface area contributed by atoms with Crippen molar-refractivity contribution in [2.75, 3.05) is 50.9 Å². The SMILES string of the molecule is CCN1CCN(c2cc(CNC(=NC)NC3CCC(SC)C3)ccn2)CC1. The molecular formula is C20H34N6S. The van der Waals surface area contributed by atoms with E-state index in [1.54, 1.807) is 0 Å². The summed E-state index contributed by atoms with van der Waals surface area (Å²) < 4.78 is 0. The fraction of sp³-hybridized carbons (Fsp3) is 0.700. The van der Waals surface area contributed by atoms with Crippen LogP contribution in [0.15, 0.2) is 23.3 Å². The summed E-state index contributed by atoms with van der Waals surface area (Å²) in [6, 6.07) is 4.84. The van der Waals surface area contributed by atoms with E-state index < -0.39 is 0 Å². The average Bonchev–Trinajstić information content (AvgIpc) is 3.19. The number of nitrogens with one attached hydrogen (secondary N) is 2. The molecule has 1 saturated carbocycles. The van der Waals surface area contributed by atoms with Gasteiger partial charge in [0.1, 0.15) is 5.82 Å². The summed E-state index contributed by atoms with van der Waals surface area (Å²) in [7, 11) is 1.85. The Kier molecular flexibility index (Phi) is 7.64. The van der Waals surface area contributed by atoms with Crippen molar-refractivity contribution in [3.63, 3.8) is 0 Å². The van der Waals surface area contributed by atoms with Gasteiger partial charge in [-0.25, -0.2) is 4.98 Å². The van der Waals surface area contributed by atoms with Crippen LogP contribution in [0.4, 0.5) is 5.82 Å². The number of aliphatic imine (C=N–C) groups is 1. The molecule has 1 saturated heterocycles. The zero-order valence-electron chi connectivity index (χ0n) is 16.9. The van der Waals surface area contributed by atoms with Crippen LogP contribution in [-0.2, 0) is 6.54 Å². The maximum atomic E-state index is 4.59. The lowest BCUT2D eigenvalue weighted by Crippen LogP contribution is -2.46. The minimum atomic E-state index is 0.538. The molecule has 0 spiro atoms. The van der Waals surface area contributed by atoms with Gasteiger partial charge in [-0.2, -0.15) is 11.8 Å². The van der Waals surface area contributed by atoms with Crippen molar-refractivity contribution in [3.8, 4) is 0 Å². The summed E-state index contributed by atoms with van der Waals surface area (Å²) in [5, 5.41) is 7.84. The van der Waals surface area contributed by atoms with Gasteiger partial charge >= 0.3 is 0 Å². The fourth-order valence-corrected chi connectivity index (χ4v) is 4.69. The molecule has 0 bridgehead atoms. The number of guanidine groups is 1. The predicted octanol–water partition coefficient (Wildman–Crippen LogP) is 2.17. The lowest BCUT2D eigenvalue weighted by molar-refractivity contribution is 0.270. The molecule has 1 aromatic heterocycles. The molecule has 2 atom stereocenters. The number of piperazine rings is 1. The lowest BCUT2D eigenvalue weighted by Gasteiger charge is -2.34. The molecule has 1 aromatic rings. The first-order valence-electron chi connectivity index (χ1n) is 10.1. The molecule has 2 unspecified atom stereocenters. The van der Waals surface area contributed by atoms with E-state index in [0.29, 0.717) is 6.04 Å². The molecule has 150 valence electrons. The van der Waals surface area contributed by atoms with E-state index >= 15 is 0 Å². The van der Waals surface area contributed by atoms with Gasteiger partial charge in [-0.1, -0.05) is 6.92 Å². The zero-order valence-corrected chi connectivity index (χ0v) is 17.8. The van der Waals surface area contributed by atoms with E-state index in [1.807, 2.05) is 25.0 Å². The molecule has 2 aliphatic rings. The molecule has 27 heavy (non-hydrogen) atoms. The van der Waals surface area contributed by atoms with Gasteiger partial charge in [-0.3, -0.25) is 4.99 Å². The Labute approximate surface area is 168 Å². The highest BCUT2D eigenvalue weighted by molar-refractivity contribution is 7.99. The molecule has 3 rings (SSSR count). The highest BCUT2D eigenvalue weighted by Gasteiger charge is 2.24. The third kappa shape index (κ3) is 5.75. The Balaban J connectivity index is 1.50. The van der Waals surface area contributed by atoms with Gasteiger partial charge in [0, 0.05) is 57.3 Å². The molecule has 2 N–H and O–H groups in total. The Morgan fingerprint density at radius 1 is 1.30 bits per heavy atom. The summed E-state index contributed by atoms with van der Waals surface area (Å²) in [6.07, 6.45) is 7.90. The summed E-state index contributed by atoms with van der Waals surface area (Å²) in [6.45, 7) is 8.48. The maximum absolute atomic E-state index is 4.59. The highest BCUT2D eigenvalue weighted by atomic mass is 32.2. The van der Waals surface area contributed by atoms with Crippen LogP contribution in [0.2, 0.25) is 0 Å². The van der Waals surface area contributed by atoms with Crippen LogP contribution >= 0.6 is 11.8 Å². The van der Waals surface area contributed by atoms with Crippen LogP contribution in [0.5, 0.6) is 0 Å². The summed E-state index contributed by atoms with van der Waals surface area (Å²) in [5.41, 5.74) is 1.24. The quantitative estimate of drug-likeness (QED) is 0.574. The minimum Gasteiger partial charge on any atom is -0.354 e. The van der Waals surface area contributed by atoms with Crippen LogP contribution in [0.3, 0.4) is 0 Å². The van der Waals surface area contributed by atoms with Crippen molar-refractivity contribution in [3.05, 3.63) is 23.9 Å². The molecule has 0 radical (unpaired) electrons. The fourth-order valence-electron chi connectivity index (χ4n) is 3.90. The number of rotatable bonds is 6. The lowest BCUT2D eigenvalue weighted by atomic mass is 10.2. The second kappa shape index (κ2) is 10.2. The summed E-state index contributed by atoms with van der Waals surface area (Å²) >= 11 is 1.98. The summed E-state index contributed by atoms with van der Waals surface area (Å²) in [4.78, 5) is 13.9. The number of likely N-dealkylation sites (N-methyl/N-ethyl adjacent to an activating group) is 1. The van der Waals surface area contributed by atoms with E-state index in [1.165, 1.54) is 24.8 Å². The van der Waals surface area contributed by atoms with Crippen LogP contribution in [0, 0.1) is 0 Å². The molecule has 7 heteroatoms. The van der Waals surface area contributed by atoms with E-state index in [-0.39, 0.29) is 0 Å². The zero-order chi connectivity index (χ0) is 19.1. The number of thioether (sulfide) groups is 1. The Morgan fingerprint density at radius 3 is 2.78 bits per heavy atom. The highest BCUT2D eigenvalue weighted by Crippen LogP contribution is 2.28. The first kappa shape index (κ1) is 20.3. The molecule has 1 aliphatic carbocycles. The Bertz CT molecular complexity index is 614. The molecule has 0 amide bonds. The minimum absolute atomic E-state index is 0.538. The largest absolute Gasteiger partial charge is 0.354 e. The van der Waals surface area contributed by atoms with Crippen LogP contribution < -0.4 is 15.5 Å². The second-order valence-electron chi connectivity index (χ2n) is 7.38. The van der Waals surface area contributed by atoms with E-state index in [0.717, 1.165) is 56.3 Å². The maximum Gasteiger partial charge on any atom is 0.191 e. The second-order valence-corrected chi connectivity index (χ2v) is 8.52. The third-order valence-electron chi connectivity index (χ3n) is 5.70. The molecular weight excluding hydrogens is 356 g/mol. The van der Waals surface area contributed by atoms with Gasteiger partial charge in [0.2, 0.25) is 0 Å². The number of anilines is 1. The Hall–Kier alpha value is -1.47. The predicted molar refractivity (Wildman–Crippen MR) is 117 cm³/mol. The smallest absolute Gasteiger partial charge is 0.191 e. The number of nitrogens with zero attached hydrogens (tertiary/aromatic N) is 4. The van der Waals surface area contributed by atoms with Crippen LogP contribution in [-0.4, -0.2) is 73.2 Å². The number of hydrogen-bond donors (Lipinski definition) is 2. The summed E-state index contributed by atoms with van der Waals surface area (Å²) in [5.74, 6) is 1.99. The normalized spacial score (nSPS) is 24.3. The van der Waals surface area contributed by atoms with Gasteiger partial charge < -0.3 is 20.4 Å². The Morgan fingerprint density at radius 2 is 2.11 bits per heavy atom. The van der Waals surface area contributed by atoms with Crippen molar-refractivity contribution in [1.82, 2.24) is 20.5 Å². The van der Waals surface area contributed by atoms with Crippen molar-refractivity contribution in [1.29, 1.82) is 0 Å². The molecule has 1 aliphatic heterocycles. The van der Waals surface area contributed by atoms with Gasteiger partial charge in [0.25, 0.3) is 0 Å². The topological polar surface area (TPSA) is 55.8 Å². The number of hydrogen-bond acceptors (Lipinski definition) is 5. The van der Waals surface area contributed by atoms with Crippen molar-refractivity contribution in [2.45, 2.75) is 44.0 Å². The van der Waals surface area contributed by atoms with E-state index in [9.17, 15) is 0 Å². The van der Waals surface area contributed by atoms with Crippen molar-refractivity contribution in [2.24, 2.45) is 4.99 Å². The van der Waals surface area contributed by atoms with Gasteiger partial charge in [-0.15, -0.1) is 0 Å².